The molecule has 0 aliphatic heterocycles. The second-order valence-electron chi connectivity index (χ2n) is 6.79. The van der Waals surface area contributed by atoms with Gasteiger partial charge >= 0.3 is 0 Å². The molecule has 0 aliphatic rings. The van der Waals surface area contributed by atoms with Crippen LogP contribution >= 0.6 is 24.0 Å². The zero-order chi connectivity index (χ0) is 21.3. The standard InChI is InChI=1S/C21H25FN6O2.HI/c1-27(2)20(29)15-25-21(23-11-9-19-4-3-13-30-19)24-14-17-10-12-28(26-17)18-7-5-16(22)6-8-18;/h3-8,10,12-13H,9,11,14-15H2,1-2H3,(H2,23,24,25);1H. The lowest BCUT2D eigenvalue weighted by molar-refractivity contribution is -0.127. The number of amides is 1. The first kappa shape index (κ1) is 24.4. The lowest BCUT2D eigenvalue weighted by atomic mass is 10.3. The predicted molar refractivity (Wildman–Crippen MR) is 127 cm³/mol. The third kappa shape index (κ3) is 7.70. The van der Waals surface area contributed by atoms with Gasteiger partial charge in [-0.25, -0.2) is 14.1 Å². The fourth-order valence-corrected chi connectivity index (χ4v) is 2.59. The molecule has 8 nitrogen and oxygen atoms in total. The van der Waals surface area contributed by atoms with E-state index in [1.165, 1.54) is 17.0 Å². The quantitative estimate of drug-likeness (QED) is 0.261. The Morgan fingerprint density at radius 2 is 1.97 bits per heavy atom. The molecule has 0 atom stereocenters. The van der Waals surface area contributed by atoms with Crippen LogP contribution < -0.4 is 10.6 Å². The number of carbonyl (C=O) groups excluding carboxylic acids is 1. The Bertz CT molecular complexity index is 970. The molecule has 3 aromatic rings. The van der Waals surface area contributed by atoms with Crippen molar-refractivity contribution < 1.29 is 13.6 Å². The van der Waals surface area contributed by atoms with Crippen LogP contribution in [0.5, 0.6) is 0 Å². The van der Waals surface area contributed by atoms with Gasteiger partial charge in [-0.1, -0.05) is 0 Å². The highest BCUT2D eigenvalue weighted by Gasteiger charge is 2.07. The van der Waals surface area contributed by atoms with Crippen molar-refractivity contribution in [1.82, 2.24) is 25.3 Å². The minimum Gasteiger partial charge on any atom is -0.469 e. The molecule has 0 aliphatic carbocycles. The van der Waals surface area contributed by atoms with Crippen molar-refractivity contribution in [3.05, 3.63) is 72.2 Å². The summed E-state index contributed by atoms with van der Waals surface area (Å²) in [5.41, 5.74) is 1.50. The van der Waals surface area contributed by atoms with Crippen molar-refractivity contribution in [1.29, 1.82) is 0 Å². The van der Waals surface area contributed by atoms with Crippen molar-refractivity contribution in [3.63, 3.8) is 0 Å². The molecule has 0 saturated carbocycles. The summed E-state index contributed by atoms with van der Waals surface area (Å²) in [6, 6.07) is 11.7. The van der Waals surface area contributed by atoms with Crippen LogP contribution in [0, 0.1) is 5.82 Å². The van der Waals surface area contributed by atoms with Crippen LogP contribution in [0.1, 0.15) is 11.5 Å². The van der Waals surface area contributed by atoms with Gasteiger partial charge in [0.05, 0.1) is 30.7 Å². The van der Waals surface area contributed by atoms with Crippen LogP contribution in [0.15, 0.2) is 64.3 Å². The zero-order valence-electron chi connectivity index (χ0n) is 17.4. The zero-order valence-corrected chi connectivity index (χ0v) is 19.7. The minimum atomic E-state index is -0.292. The molecule has 0 fully saturated rings. The Labute approximate surface area is 197 Å². The molecule has 2 N–H and O–H groups in total. The molecule has 2 heterocycles. The van der Waals surface area contributed by atoms with Crippen molar-refractivity contribution in [3.8, 4) is 5.69 Å². The lowest BCUT2D eigenvalue weighted by Gasteiger charge is -2.14. The SMILES string of the molecule is CN(C)C(=O)CNC(=NCc1ccn(-c2ccc(F)cc2)n1)NCCc1ccco1.I. The van der Waals surface area contributed by atoms with Gasteiger partial charge in [-0.2, -0.15) is 5.10 Å². The number of carbonyl (C=O) groups is 1. The van der Waals surface area contributed by atoms with Crippen molar-refractivity contribution in [2.24, 2.45) is 4.99 Å². The summed E-state index contributed by atoms with van der Waals surface area (Å²) >= 11 is 0. The van der Waals surface area contributed by atoms with Crippen LogP contribution in [0.3, 0.4) is 0 Å². The van der Waals surface area contributed by atoms with E-state index in [1.54, 1.807) is 43.4 Å². The number of aromatic nitrogens is 2. The van der Waals surface area contributed by atoms with E-state index in [-0.39, 0.29) is 42.2 Å². The normalized spacial score (nSPS) is 11.0. The van der Waals surface area contributed by atoms with Gasteiger partial charge in [0.25, 0.3) is 0 Å². The maximum absolute atomic E-state index is 13.1. The van der Waals surface area contributed by atoms with Crippen LogP contribution in [-0.2, 0) is 17.8 Å². The number of likely N-dealkylation sites (N-methyl/N-ethyl adjacent to an activating group) is 1. The molecule has 166 valence electrons. The van der Waals surface area contributed by atoms with Gasteiger partial charge in [-0.05, 0) is 42.5 Å². The van der Waals surface area contributed by atoms with Gasteiger partial charge in [0, 0.05) is 33.3 Å². The van der Waals surface area contributed by atoms with Crippen molar-refractivity contribution >= 4 is 35.8 Å². The highest BCUT2D eigenvalue weighted by molar-refractivity contribution is 14.0. The highest BCUT2D eigenvalue weighted by atomic mass is 127. The van der Waals surface area contributed by atoms with Crippen LogP contribution in [0.4, 0.5) is 4.39 Å². The van der Waals surface area contributed by atoms with E-state index in [0.29, 0.717) is 25.5 Å². The molecule has 10 heteroatoms. The number of guanidine groups is 1. The molecule has 0 saturated heterocycles. The number of aliphatic imine (C=N–C) groups is 1. The Morgan fingerprint density at radius 1 is 1.19 bits per heavy atom. The van der Waals surface area contributed by atoms with E-state index < -0.39 is 0 Å². The number of halogens is 2. The summed E-state index contributed by atoms with van der Waals surface area (Å²) in [4.78, 5) is 17.9. The van der Waals surface area contributed by atoms with Gasteiger partial charge in [0.1, 0.15) is 11.6 Å². The van der Waals surface area contributed by atoms with Crippen molar-refractivity contribution in [2.45, 2.75) is 13.0 Å². The summed E-state index contributed by atoms with van der Waals surface area (Å²) in [6.45, 7) is 1.05. The molecule has 0 radical (unpaired) electrons. The number of hydrogen-bond acceptors (Lipinski definition) is 4. The maximum Gasteiger partial charge on any atom is 0.241 e. The maximum atomic E-state index is 13.1. The van der Waals surface area contributed by atoms with E-state index >= 15 is 0 Å². The Kier molecular flexibility index (Phi) is 9.50. The van der Waals surface area contributed by atoms with Crippen LogP contribution in [-0.4, -0.2) is 53.7 Å². The molecule has 1 amide bonds. The highest BCUT2D eigenvalue weighted by Crippen LogP contribution is 2.09. The van der Waals surface area contributed by atoms with Gasteiger partial charge in [0.15, 0.2) is 5.96 Å². The van der Waals surface area contributed by atoms with Gasteiger partial charge in [0.2, 0.25) is 5.91 Å². The summed E-state index contributed by atoms with van der Waals surface area (Å²) in [5, 5.41) is 10.7. The second-order valence-corrected chi connectivity index (χ2v) is 6.79. The van der Waals surface area contributed by atoms with E-state index in [4.69, 9.17) is 4.42 Å². The molecule has 0 unspecified atom stereocenters. The first-order valence-corrected chi connectivity index (χ1v) is 9.56. The first-order valence-electron chi connectivity index (χ1n) is 9.56. The van der Waals surface area contributed by atoms with Gasteiger partial charge < -0.3 is 20.0 Å². The smallest absolute Gasteiger partial charge is 0.241 e. The summed E-state index contributed by atoms with van der Waals surface area (Å²) in [6.07, 6.45) is 4.12. The molecular formula is C21H26FIN6O2. The van der Waals surface area contributed by atoms with Crippen LogP contribution in [0.2, 0.25) is 0 Å². The minimum absolute atomic E-state index is 0. The number of furan rings is 1. The number of rotatable bonds is 8. The largest absolute Gasteiger partial charge is 0.469 e. The van der Waals surface area contributed by atoms with Gasteiger partial charge in [-0.3, -0.25) is 4.79 Å². The number of hydrogen-bond donors (Lipinski definition) is 2. The first-order chi connectivity index (χ1) is 14.5. The molecule has 0 bridgehead atoms. The van der Waals surface area contributed by atoms with E-state index in [2.05, 4.69) is 20.7 Å². The number of nitrogens with one attached hydrogen (secondary N) is 2. The summed E-state index contributed by atoms with van der Waals surface area (Å²) in [5.74, 6) is 1.02. The fraction of sp³-hybridized carbons (Fsp3) is 0.286. The molecule has 2 aromatic heterocycles. The number of benzene rings is 1. The van der Waals surface area contributed by atoms with Crippen LogP contribution in [0.25, 0.3) is 5.69 Å². The average Bonchev–Trinajstić information content (AvgIpc) is 3.42. The van der Waals surface area contributed by atoms with E-state index in [9.17, 15) is 9.18 Å². The molecule has 3 rings (SSSR count). The Morgan fingerprint density at radius 3 is 2.65 bits per heavy atom. The van der Waals surface area contributed by atoms with Gasteiger partial charge in [-0.15, -0.1) is 24.0 Å². The fourth-order valence-electron chi connectivity index (χ4n) is 2.59. The summed E-state index contributed by atoms with van der Waals surface area (Å²) in [7, 11) is 3.40. The van der Waals surface area contributed by atoms with Crippen molar-refractivity contribution in [2.75, 3.05) is 27.2 Å². The topological polar surface area (TPSA) is 87.7 Å². The molecule has 0 spiro atoms. The summed E-state index contributed by atoms with van der Waals surface area (Å²) < 4.78 is 20.1. The molecular weight excluding hydrogens is 514 g/mol. The number of nitrogens with zero attached hydrogens (tertiary/aromatic N) is 4. The lowest BCUT2D eigenvalue weighted by Crippen LogP contribution is -2.43. The Hall–Kier alpha value is -2.89. The third-order valence-electron chi connectivity index (χ3n) is 4.28. The predicted octanol–water partition coefficient (Wildman–Crippen LogP) is 2.59. The van der Waals surface area contributed by atoms with E-state index in [0.717, 1.165) is 17.1 Å². The average molecular weight is 540 g/mol. The molecule has 1 aromatic carbocycles. The third-order valence-corrected chi connectivity index (χ3v) is 4.28. The second kappa shape index (κ2) is 12.1. The molecule has 31 heavy (non-hydrogen) atoms. The monoisotopic (exact) mass is 540 g/mol. The van der Waals surface area contributed by atoms with E-state index in [1.807, 2.05) is 18.2 Å². The Balaban J connectivity index is 0.00000341.